The van der Waals surface area contributed by atoms with Gasteiger partial charge in [-0.05, 0) is 0 Å². The number of hydrogen-bond donors (Lipinski definition) is 0. The van der Waals surface area contributed by atoms with E-state index < -0.39 is 9.96 Å². The molecule has 0 spiro atoms. The summed E-state index contributed by atoms with van der Waals surface area (Å²) < 4.78 is 0. The lowest BCUT2D eigenvalue weighted by atomic mass is 10.0. The van der Waals surface area contributed by atoms with Crippen LogP contribution in [0.15, 0.2) is 47.6 Å². The molecular formula is C14H11N5O4. The number of fused-ring (bicyclic) bond motifs is 1. The smallest absolute Gasteiger partial charge is 0.282 e. The summed E-state index contributed by atoms with van der Waals surface area (Å²) in [5, 5.41) is 22.5. The topological polar surface area (TPSA) is 115 Å². The summed E-state index contributed by atoms with van der Waals surface area (Å²) >= 11 is 0. The summed E-state index contributed by atoms with van der Waals surface area (Å²) in [5.41, 5.74) is 1.22. The number of benzene rings is 1. The highest BCUT2D eigenvalue weighted by Crippen LogP contribution is 2.27. The molecule has 0 radical (unpaired) electrons. The molecule has 0 bridgehead atoms. The molecule has 1 aromatic carbocycles. The van der Waals surface area contributed by atoms with Gasteiger partial charge < -0.3 is 0 Å². The van der Waals surface area contributed by atoms with Crippen molar-refractivity contribution in [2.24, 2.45) is 4.99 Å². The molecule has 1 aliphatic heterocycles. The quantitative estimate of drug-likeness (QED) is 0.630. The number of rotatable bonds is 3. The van der Waals surface area contributed by atoms with Crippen molar-refractivity contribution in [3.05, 3.63) is 74.0 Å². The van der Waals surface area contributed by atoms with E-state index >= 15 is 0 Å². The standard InChI is InChI=1S/C14H11N5O4/c20-18(21)11-8-12-13(10-4-2-1-3-5-10)15-6-7-17(19(22)23)14(12)16-9-11/h1-5,8-9H,6-7H2. The molecule has 0 fully saturated rings. The molecule has 3 rings (SSSR count). The first-order valence-corrected chi connectivity index (χ1v) is 6.74. The molecule has 1 aliphatic rings. The summed E-state index contributed by atoms with van der Waals surface area (Å²) in [6, 6.07) is 10.3. The van der Waals surface area contributed by atoms with Gasteiger partial charge in [0.15, 0.2) is 5.03 Å². The minimum atomic E-state index is -0.586. The fraction of sp³-hybridized carbons (Fsp3) is 0.143. The molecule has 0 saturated heterocycles. The van der Waals surface area contributed by atoms with Gasteiger partial charge in [-0.3, -0.25) is 15.1 Å². The van der Waals surface area contributed by atoms with Crippen LogP contribution in [0.2, 0.25) is 0 Å². The maximum Gasteiger partial charge on any atom is 0.288 e. The third kappa shape index (κ3) is 2.71. The van der Waals surface area contributed by atoms with E-state index in [1.165, 1.54) is 6.07 Å². The van der Waals surface area contributed by atoms with Gasteiger partial charge in [0.25, 0.3) is 5.69 Å². The van der Waals surface area contributed by atoms with Crippen molar-refractivity contribution in [2.75, 3.05) is 18.1 Å². The molecule has 0 N–H and O–H groups in total. The van der Waals surface area contributed by atoms with Gasteiger partial charge in [0.05, 0.1) is 22.7 Å². The number of anilines is 1. The van der Waals surface area contributed by atoms with Crippen LogP contribution in [0.25, 0.3) is 0 Å². The third-order valence-electron chi connectivity index (χ3n) is 3.39. The maximum absolute atomic E-state index is 11.2. The Morgan fingerprint density at radius 3 is 2.52 bits per heavy atom. The largest absolute Gasteiger partial charge is 0.288 e. The van der Waals surface area contributed by atoms with Gasteiger partial charge in [-0.15, -0.1) is 0 Å². The van der Waals surface area contributed by atoms with Crippen molar-refractivity contribution in [3.8, 4) is 0 Å². The second-order valence-electron chi connectivity index (χ2n) is 4.78. The Hall–Kier alpha value is -3.36. The van der Waals surface area contributed by atoms with Crippen LogP contribution in [0.1, 0.15) is 11.1 Å². The minimum absolute atomic E-state index is 0.0428. The molecule has 0 aliphatic carbocycles. The number of hydrogen-bond acceptors (Lipinski definition) is 6. The predicted octanol–water partition coefficient (Wildman–Crippen LogP) is 1.84. The number of nitro groups is 2. The van der Waals surface area contributed by atoms with Crippen LogP contribution in [-0.4, -0.2) is 33.7 Å². The zero-order chi connectivity index (χ0) is 16.4. The molecule has 0 atom stereocenters. The average molecular weight is 313 g/mol. The van der Waals surface area contributed by atoms with Crippen LogP contribution in [0.4, 0.5) is 11.5 Å². The summed E-state index contributed by atoms with van der Waals surface area (Å²) in [5.74, 6) is 0.0562. The number of nitrogens with zero attached hydrogens (tertiary/aromatic N) is 5. The van der Waals surface area contributed by atoms with Gasteiger partial charge in [0.2, 0.25) is 5.82 Å². The van der Waals surface area contributed by atoms with Gasteiger partial charge in [-0.25, -0.2) is 15.1 Å². The monoisotopic (exact) mass is 313 g/mol. The van der Waals surface area contributed by atoms with Crippen LogP contribution < -0.4 is 5.01 Å². The molecule has 116 valence electrons. The second-order valence-corrected chi connectivity index (χ2v) is 4.78. The van der Waals surface area contributed by atoms with E-state index in [-0.39, 0.29) is 30.2 Å². The van der Waals surface area contributed by atoms with E-state index in [4.69, 9.17) is 0 Å². The number of pyridine rings is 1. The Kier molecular flexibility index (Phi) is 3.67. The van der Waals surface area contributed by atoms with E-state index in [0.717, 1.165) is 16.8 Å². The van der Waals surface area contributed by atoms with Gasteiger partial charge in [0.1, 0.15) is 12.7 Å². The molecule has 0 saturated carbocycles. The van der Waals surface area contributed by atoms with Crippen molar-refractivity contribution in [2.45, 2.75) is 0 Å². The number of hydrazine groups is 1. The average Bonchev–Trinajstić information content (AvgIpc) is 2.74. The van der Waals surface area contributed by atoms with E-state index in [2.05, 4.69) is 9.98 Å². The first kappa shape index (κ1) is 14.6. The van der Waals surface area contributed by atoms with Crippen LogP contribution in [0.5, 0.6) is 0 Å². The van der Waals surface area contributed by atoms with Crippen molar-refractivity contribution < 1.29 is 9.96 Å². The molecule has 0 amide bonds. The van der Waals surface area contributed by atoms with Crippen molar-refractivity contribution in [3.63, 3.8) is 0 Å². The summed E-state index contributed by atoms with van der Waals surface area (Å²) in [6.45, 7) is 0.233. The lowest BCUT2D eigenvalue weighted by molar-refractivity contribution is -0.494. The van der Waals surface area contributed by atoms with Crippen molar-refractivity contribution in [1.29, 1.82) is 0 Å². The Labute approximate surface area is 130 Å². The lowest BCUT2D eigenvalue weighted by Gasteiger charge is -2.13. The normalized spacial score (nSPS) is 13.7. The molecule has 9 heteroatoms. The first-order chi connectivity index (χ1) is 11.1. The zero-order valence-electron chi connectivity index (χ0n) is 11.8. The second kappa shape index (κ2) is 5.79. The fourth-order valence-electron chi connectivity index (χ4n) is 2.38. The zero-order valence-corrected chi connectivity index (χ0v) is 11.8. The van der Waals surface area contributed by atoms with Crippen LogP contribution in [0.3, 0.4) is 0 Å². The summed E-state index contributed by atoms with van der Waals surface area (Å²) in [7, 11) is 0. The van der Waals surface area contributed by atoms with E-state index in [1.807, 2.05) is 6.07 Å². The number of aliphatic imine (C=N–C) groups is 1. The Bertz CT molecular complexity index is 806. The van der Waals surface area contributed by atoms with E-state index in [9.17, 15) is 20.2 Å². The van der Waals surface area contributed by atoms with Crippen molar-refractivity contribution in [1.82, 2.24) is 4.98 Å². The first-order valence-electron chi connectivity index (χ1n) is 6.74. The van der Waals surface area contributed by atoms with Crippen molar-refractivity contribution >= 4 is 17.2 Å². The molecule has 9 nitrogen and oxygen atoms in total. The lowest BCUT2D eigenvalue weighted by Crippen LogP contribution is -2.33. The molecule has 2 heterocycles. The van der Waals surface area contributed by atoms with Gasteiger partial charge in [-0.2, -0.15) is 0 Å². The molecule has 1 aromatic heterocycles. The minimum Gasteiger partial charge on any atom is -0.282 e. The van der Waals surface area contributed by atoms with E-state index in [1.54, 1.807) is 24.3 Å². The molecule has 2 aromatic rings. The Morgan fingerprint density at radius 1 is 1.13 bits per heavy atom. The van der Waals surface area contributed by atoms with Gasteiger partial charge in [-0.1, -0.05) is 35.3 Å². The summed E-state index contributed by atoms with van der Waals surface area (Å²) in [6.07, 6.45) is 1.02. The maximum atomic E-state index is 11.2. The highest BCUT2D eigenvalue weighted by Gasteiger charge is 2.29. The SMILES string of the molecule is O=[N+]([O-])c1cnc2c(c1)C(c1ccccc1)=NCCN2[N+](=O)[O-]. The van der Waals surface area contributed by atoms with Crippen LogP contribution >= 0.6 is 0 Å². The number of aromatic nitrogens is 1. The Morgan fingerprint density at radius 2 is 1.87 bits per heavy atom. The highest BCUT2D eigenvalue weighted by atomic mass is 16.7. The molecule has 0 unspecified atom stereocenters. The predicted molar refractivity (Wildman–Crippen MR) is 82.2 cm³/mol. The van der Waals surface area contributed by atoms with E-state index in [0.29, 0.717) is 5.71 Å². The highest BCUT2D eigenvalue weighted by molar-refractivity contribution is 6.16. The Balaban J connectivity index is 2.22. The molecule has 23 heavy (non-hydrogen) atoms. The van der Waals surface area contributed by atoms with Gasteiger partial charge in [0, 0.05) is 11.6 Å². The van der Waals surface area contributed by atoms with Gasteiger partial charge >= 0.3 is 0 Å². The van der Waals surface area contributed by atoms with Crippen LogP contribution in [0, 0.1) is 20.2 Å². The molecular weight excluding hydrogens is 302 g/mol. The fourth-order valence-corrected chi connectivity index (χ4v) is 2.38. The summed E-state index contributed by atoms with van der Waals surface area (Å²) in [4.78, 5) is 30.0. The third-order valence-corrected chi connectivity index (χ3v) is 3.39. The van der Waals surface area contributed by atoms with Crippen LogP contribution in [-0.2, 0) is 0 Å².